The molecule has 0 saturated heterocycles. The van der Waals surface area contributed by atoms with Crippen LogP contribution in [0.15, 0.2) is 60.1 Å². The normalized spacial score (nSPS) is 13.8. The number of rotatable bonds is 5. The molecule has 0 aromatic carbocycles. The van der Waals surface area contributed by atoms with Crippen LogP contribution in [-0.4, -0.2) is 20.2 Å². The first-order valence-corrected chi connectivity index (χ1v) is 9.37. The molecule has 1 N–H and O–H groups in total. The van der Waals surface area contributed by atoms with Gasteiger partial charge in [-0.25, -0.2) is 4.98 Å². The molecular formula is C22H23ClN4. The number of H-pyrrole nitrogens is 1. The van der Waals surface area contributed by atoms with Crippen molar-refractivity contribution in [2.24, 2.45) is 0 Å². The molecule has 3 rings (SSSR count). The Kier molecular flexibility index (Phi) is 5.87. The summed E-state index contributed by atoms with van der Waals surface area (Å²) in [7, 11) is 0. The maximum absolute atomic E-state index is 5.96. The van der Waals surface area contributed by atoms with Crippen LogP contribution in [0, 0.1) is 0 Å². The van der Waals surface area contributed by atoms with E-state index in [1.807, 2.05) is 19.2 Å². The number of fused-ring (bicyclic) bond motifs is 1. The Morgan fingerprint density at radius 2 is 2.00 bits per heavy atom. The summed E-state index contributed by atoms with van der Waals surface area (Å²) in [5.41, 5.74) is 7.72. The second kappa shape index (κ2) is 8.31. The van der Waals surface area contributed by atoms with Crippen LogP contribution in [0.5, 0.6) is 0 Å². The van der Waals surface area contributed by atoms with Crippen molar-refractivity contribution < 1.29 is 0 Å². The summed E-state index contributed by atoms with van der Waals surface area (Å²) >= 11 is 5.96. The smallest absolute Gasteiger partial charge is 0.131 e. The lowest BCUT2D eigenvalue weighted by Crippen LogP contribution is -1.93. The summed E-state index contributed by atoms with van der Waals surface area (Å²) < 4.78 is 0. The first-order valence-electron chi connectivity index (χ1n) is 8.99. The van der Waals surface area contributed by atoms with Crippen molar-refractivity contribution in [2.75, 3.05) is 0 Å². The van der Waals surface area contributed by atoms with Gasteiger partial charge in [-0.05, 0) is 62.1 Å². The Morgan fingerprint density at radius 1 is 1.19 bits per heavy atom. The third kappa shape index (κ3) is 4.17. The van der Waals surface area contributed by atoms with Gasteiger partial charge in [0.15, 0.2) is 0 Å². The molecule has 0 aliphatic carbocycles. The Balaban J connectivity index is 2.04. The van der Waals surface area contributed by atoms with Crippen molar-refractivity contribution in [3.8, 4) is 0 Å². The van der Waals surface area contributed by atoms with E-state index in [1.165, 1.54) is 11.1 Å². The first-order chi connectivity index (χ1) is 13.0. The third-order valence-corrected chi connectivity index (χ3v) is 4.91. The molecule has 3 heterocycles. The van der Waals surface area contributed by atoms with Crippen molar-refractivity contribution in [1.29, 1.82) is 0 Å². The van der Waals surface area contributed by atoms with E-state index >= 15 is 0 Å². The molecule has 3 aromatic heterocycles. The summed E-state index contributed by atoms with van der Waals surface area (Å²) in [4.78, 5) is 8.72. The van der Waals surface area contributed by atoms with Gasteiger partial charge in [0.05, 0.1) is 11.2 Å². The van der Waals surface area contributed by atoms with Gasteiger partial charge in [0.2, 0.25) is 0 Å². The maximum Gasteiger partial charge on any atom is 0.131 e. The van der Waals surface area contributed by atoms with Crippen molar-refractivity contribution in [1.82, 2.24) is 20.2 Å². The molecular weight excluding hydrogens is 356 g/mol. The number of nitrogens with zero attached hydrogens (tertiary/aromatic N) is 3. The average Bonchev–Trinajstić information content (AvgIpc) is 3.20. The lowest BCUT2D eigenvalue weighted by atomic mass is 9.94. The second-order valence-corrected chi connectivity index (χ2v) is 6.86. The van der Waals surface area contributed by atoms with Gasteiger partial charge in [0.25, 0.3) is 0 Å². The Bertz CT molecular complexity index is 1040. The zero-order chi connectivity index (χ0) is 19.4. The minimum absolute atomic E-state index is 0.453. The van der Waals surface area contributed by atoms with Gasteiger partial charge < -0.3 is 0 Å². The molecule has 0 aliphatic heterocycles. The fraction of sp³-hybridized carbons (Fsp3) is 0.227. The summed E-state index contributed by atoms with van der Waals surface area (Å²) in [6.45, 7) is 8.49. The van der Waals surface area contributed by atoms with E-state index < -0.39 is 0 Å². The average molecular weight is 379 g/mol. The summed E-state index contributed by atoms with van der Waals surface area (Å²) in [5, 5.41) is 8.60. The SMILES string of the molecule is C\C=C(/C(C)=C\C(=C(/C)CC)c1ccn[nH]1)c1cnc2cc(Cl)ncc2c1. The van der Waals surface area contributed by atoms with Crippen LogP contribution < -0.4 is 0 Å². The number of aromatic nitrogens is 4. The standard InChI is InChI=1S/C22H23ClN4/c1-5-14(3)19(20-7-8-26-27-20)9-15(4)18(6-2)16-10-17-13-25-22(23)11-21(17)24-12-16/h6-13H,5H2,1-4H3,(H,26,27)/b15-9-,18-6+,19-14-. The summed E-state index contributed by atoms with van der Waals surface area (Å²) in [6, 6.07) is 5.88. The number of hydrogen-bond acceptors (Lipinski definition) is 3. The third-order valence-electron chi connectivity index (χ3n) is 4.70. The lowest BCUT2D eigenvalue weighted by molar-refractivity contribution is 1.06. The number of halogens is 1. The van der Waals surface area contributed by atoms with Gasteiger partial charge in [-0.2, -0.15) is 5.10 Å². The van der Waals surface area contributed by atoms with Gasteiger partial charge in [0, 0.05) is 35.6 Å². The molecule has 0 fully saturated rings. The van der Waals surface area contributed by atoms with Crippen LogP contribution in [0.1, 0.15) is 45.4 Å². The van der Waals surface area contributed by atoms with Crippen LogP contribution in [-0.2, 0) is 0 Å². The van der Waals surface area contributed by atoms with E-state index in [4.69, 9.17) is 11.6 Å². The topological polar surface area (TPSA) is 54.5 Å². The van der Waals surface area contributed by atoms with Crippen molar-refractivity contribution >= 4 is 33.7 Å². The highest BCUT2D eigenvalue weighted by molar-refractivity contribution is 6.30. The van der Waals surface area contributed by atoms with E-state index in [0.717, 1.165) is 39.7 Å². The van der Waals surface area contributed by atoms with E-state index in [2.05, 4.69) is 59.2 Å². The molecule has 0 unspecified atom stereocenters. The maximum atomic E-state index is 5.96. The second-order valence-electron chi connectivity index (χ2n) is 6.47. The monoisotopic (exact) mass is 378 g/mol. The molecule has 138 valence electrons. The quantitative estimate of drug-likeness (QED) is 0.422. The predicted octanol–water partition coefficient (Wildman–Crippen LogP) is 6.24. The zero-order valence-corrected chi connectivity index (χ0v) is 16.8. The number of nitrogens with one attached hydrogen (secondary N) is 1. The number of hydrogen-bond donors (Lipinski definition) is 1. The fourth-order valence-electron chi connectivity index (χ4n) is 3.09. The molecule has 4 nitrogen and oxygen atoms in total. The van der Waals surface area contributed by atoms with E-state index in [9.17, 15) is 0 Å². The molecule has 27 heavy (non-hydrogen) atoms. The Morgan fingerprint density at radius 3 is 2.67 bits per heavy atom. The lowest BCUT2D eigenvalue weighted by Gasteiger charge is -2.12. The highest BCUT2D eigenvalue weighted by Crippen LogP contribution is 2.29. The van der Waals surface area contributed by atoms with Crippen LogP contribution in [0.3, 0.4) is 0 Å². The molecule has 0 saturated carbocycles. The first kappa shape index (κ1) is 19.1. The molecule has 3 aromatic rings. The summed E-state index contributed by atoms with van der Waals surface area (Å²) in [6.07, 6.45) is 10.7. The number of allylic oxidation sites excluding steroid dienone is 6. The molecule has 0 atom stereocenters. The van der Waals surface area contributed by atoms with E-state index in [1.54, 1.807) is 18.5 Å². The molecule has 0 spiro atoms. The number of aromatic amines is 1. The molecule has 0 amide bonds. The van der Waals surface area contributed by atoms with Gasteiger partial charge in [-0.1, -0.05) is 30.2 Å². The minimum Gasteiger partial charge on any atom is -0.278 e. The minimum atomic E-state index is 0.453. The van der Waals surface area contributed by atoms with Crippen LogP contribution in [0.2, 0.25) is 5.15 Å². The highest BCUT2D eigenvalue weighted by Gasteiger charge is 2.10. The zero-order valence-electron chi connectivity index (χ0n) is 16.0. The van der Waals surface area contributed by atoms with E-state index in [-0.39, 0.29) is 0 Å². The van der Waals surface area contributed by atoms with Crippen molar-refractivity contribution in [3.05, 3.63) is 76.5 Å². The van der Waals surface area contributed by atoms with Crippen molar-refractivity contribution in [2.45, 2.75) is 34.1 Å². The van der Waals surface area contributed by atoms with Gasteiger partial charge in [0.1, 0.15) is 5.15 Å². The fourth-order valence-corrected chi connectivity index (χ4v) is 3.24. The van der Waals surface area contributed by atoms with Gasteiger partial charge >= 0.3 is 0 Å². The van der Waals surface area contributed by atoms with E-state index in [0.29, 0.717) is 5.15 Å². The molecule has 0 aliphatic rings. The molecule has 0 bridgehead atoms. The van der Waals surface area contributed by atoms with Gasteiger partial charge in [-0.15, -0.1) is 0 Å². The largest absolute Gasteiger partial charge is 0.278 e. The van der Waals surface area contributed by atoms with Crippen molar-refractivity contribution in [3.63, 3.8) is 0 Å². The molecule has 5 heteroatoms. The Hall–Kier alpha value is -2.72. The number of pyridine rings is 2. The van der Waals surface area contributed by atoms with Crippen LogP contribution in [0.25, 0.3) is 22.0 Å². The van der Waals surface area contributed by atoms with Crippen LogP contribution in [0.4, 0.5) is 0 Å². The highest BCUT2D eigenvalue weighted by atomic mass is 35.5. The van der Waals surface area contributed by atoms with Crippen LogP contribution >= 0.6 is 11.6 Å². The predicted molar refractivity (Wildman–Crippen MR) is 113 cm³/mol. The summed E-state index contributed by atoms with van der Waals surface area (Å²) in [5.74, 6) is 0. The van der Waals surface area contributed by atoms with Gasteiger partial charge in [-0.3, -0.25) is 10.1 Å². The Labute approximate surface area is 164 Å². The molecule has 0 radical (unpaired) electrons.